The van der Waals surface area contributed by atoms with Gasteiger partial charge in [-0.3, -0.25) is 9.59 Å². The van der Waals surface area contributed by atoms with Gasteiger partial charge in [0.05, 0.1) is 17.9 Å². The molecule has 2 aliphatic rings. The van der Waals surface area contributed by atoms with Crippen molar-refractivity contribution in [2.24, 2.45) is 5.10 Å². The Morgan fingerprint density at radius 3 is 2.59 bits per heavy atom. The number of aromatic nitrogens is 2. The minimum Gasteiger partial charge on any atom is -0.344 e. The number of fused-ring (bicyclic) bond motifs is 1. The summed E-state index contributed by atoms with van der Waals surface area (Å²) >= 11 is 0. The Morgan fingerprint density at radius 2 is 1.93 bits per heavy atom. The molecular formula is C22H27N5O2. The van der Waals surface area contributed by atoms with Crippen LogP contribution >= 0.6 is 0 Å². The van der Waals surface area contributed by atoms with Crippen LogP contribution in [0.3, 0.4) is 0 Å². The smallest absolute Gasteiger partial charge is 0.267 e. The maximum atomic E-state index is 12.6. The van der Waals surface area contributed by atoms with Crippen LogP contribution in [0, 0.1) is 0 Å². The summed E-state index contributed by atoms with van der Waals surface area (Å²) in [6, 6.07) is 8.43. The molecule has 1 aromatic carbocycles. The maximum Gasteiger partial charge on any atom is 0.267 e. The van der Waals surface area contributed by atoms with Gasteiger partial charge in [0.15, 0.2) is 0 Å². The summed E-state index contributed by atoms with van der Waals surface area (Å²) in [6.07, 6.45) is 5.31. The van der Waals surface area contributed by atoms with Crippen LogP contribution in [-0.2, 0) is 21.4 Å². The number of hydrogen-bond acceptors (Lipinski definition) is 4. The molecule has 1 aliphatic heterocycles. The van der Waals surface area contributed by atoms with Crippen molar-refractivity contribution < 1.29 is 9.59 Å². The lowest BCUT2D eigenvalue weighted by atomic mass is 9.87. The summed E-state index contributed by atoms with van der Waals surface area (Å²) in [5, 5.41) is 11.6. The number of carbonyl (C=O) groups excluding carboxylic acids is 2. The molecule has 7 heteroatoms. The van der Waals surface area contributed by atoms with Crippen molar-refractivity contribution >= 4 is 17.5 Å². The molecule has 1 aliphatic carbocycles. The van der Waals surface area contributed by atoms with E-state index in [9.17, 15) is 9.59 Å². The molecule has 2 heterocycles. The number of nitrogens with zero attached hydrogens (tertiary/aromatic N) is 3. The van der Waals surface area contributed by atoms with E-state index in [4.69, 9.17) is 0 Å². The summed E-state index contributed by atoms with van der Waals surface area (Å²) in [5.74, 6) is -0.370. The molecule has 1 aromatic heterocycles. The molecule has 7 nitrogen and oxygen atoms in total. The van der Waals surface area contributed by atoms with Crippen LogP contribution in [-0.4, -0.2) is 27.3 Å². The van der Waals surface area contributed by atoms with E-state index in [-0.39, 0.29) is 23.3 Å². The summed E-state index contributed by atoms with van der Waals surface area (Å²) in [5.41, 5.74) is 7.39. The topological polar surface area (TPSA) is 88.4 Å². The predicted octanol–water partition coefficient (Wildman–Crippen LogP) is 2.93. The molecule has 1 atom stereocenters. The first-order valence-electron chi connectivity index (χ1n) is 10.2. The molecule has 0 saturated carbocycles. The van der Waals surface area contributed by atoms with Crippen molar-refractivity contribution in [3.63, 3.8) is 0 Å². The Balaban J connectivity index is 1.55. The minimum atomic E-state index is -0.217. The molecule has 0 fully saturated rings. The van der Waals surface area contributed by atoms with Crippen LogP contribution in [0.1, 0.15) is 69.3 Å². The second kappa shape index (κ2) is 7.46. The van der Waals surface area contributed by atoms with Crippen molar-refractivity contribution in [3.8, 4) is 5.69 Å². The highest BCUT2D eigenvalue weighted by Crippen LogP contribution is 2.32. The average Bonchev–Trinajstić information content (AvgIpc) is 3.13. The van der Waals surface area contributed by atoms with E-state index in [1.165, 1.54) is 5.56 Å². The van der Waals surface area contributed by atoms with Crippen molar-refractivity contribution in [1.82, 2.24) is 20.5 Å². The lowest BCUT2D eigenvalue weighted by Gasteiger charge is -2.25. The standard InChI is InChI=1S/C22H27N5O2/c1-22(2,3)14-7-9-15(10-8-14)27-19-6-4-5-17(16(19)13-23-27)24-21(29)18-11-12-20(28)26-25-18/h7-10,13,17H,4-6,11-12H2,1-3H3,(H,24,29)(H,26,28)/t17-/m1/s1. The van der Waals surface area contributed by atoms with Crippen LogP contribution in [0.15, 0.2) is 35.6 Å². The van der Waals surface area contributed by atoms with Gasteiger partial charge in [0.25, 0.3) is 5.91 Å². The minimum absolute atomic E-state index is 0.0887. The van der Waals surface area contributed by atoms with Gasteiger partial charge in [-0.1, -0.05) is 32.9 Å². The Kier molecular flexibility index (Phi) is 4.98. The molecule has 2 N–H and O–H groups in total. The first kappa shape index (κ1) is 19.4. The summed E-state index contributed by atoms with van der Waals surface area (Å²) in [7, 11) is 0. The first-order chi connectivity index (χ1) is 13.8. The molecule has 2 amide bonds. The number of nitrogens with one attached hydrogen (secondary N) is 2. The largest absolute Gasteiger partial charge is 0.344 e. The third-order valence-electron chi connectivity index (χ3n) is 5.63. The fraction of sp³-hybridized carbons (Fsp3) is 0.455. The van der Waals surface area contributed by atoms with E-state index < -0.39 is 0 Å². The molecule has 0 bridgehead atoms. The predicted molar refractivity (Wildman–Crippen MR) is 111 cm³/mol. The van der Waals surface area contributed by atoms with E-state index in [0.29, 0.717) is 18.6 Å². The van der Waals surface area contributed by atoms with Gasteiger partial charge >= 0.3 is 0 Å². The fourth-order valence-electron chi connectivity index (χ4n) is 3.91. The number of rotatable bonds is 3. The zero-order valence-corrected chi connectivity index (χ0v) is 17.2. The molecule has 2 aromatic rings. The quantitative estimate of drug-likeness (QED) is 0.840. The van der Waals surface area contributed by atoms with E-state index in [0.717, 1.165) is 36.2 Å². The van der Waals surface area contributed by atoms with Crippen LogP contribution in [0.2, 0.25) is 0 Å². The average molecular weight is 393 g/mol. The van der Waals surface area contributed by atoms with Crippen molar-refractivity contribution in [2.75, 3.05) is 0 Å². The molecule has 0 radical (unpaired) electrons. The van der Waals surface area contributed by atoms with E-state index in [1.54, 1.807) is 0 Å². The molecule has 0 saturated heterocycles. The fourth-order valence-corrected chi connectivity index (χ4v) is 3.91. The van der Waals surface area contributed by atoms with Gasteiger partial charge in [-0.2, -0.15) is 10.2 Å². The van der Waals surface area contributed by atoms with Gasteiger partial charge in [-0.05, 0) is 42.4 Å². The second-order valence-corrected chi connectivity index (χ2v) is 8.77. The lowest BCUT2D eigenvalue weighted by molar-refractivity contribution is -0.121. The lowest BCUT2D eigenvalue weighted by Crippen LogP contribution is -2.39. The second-order valence-electron chi connectivity index (χ2n) is 8.77. The number of hydrazone groups is 1. The number of benzene rings is 1. The highest BCUT2D eigenvalue weighted by Gasteiger charge is 2.28. The van der Waals surface area contributed by atoms with Crippen molar-refractivity contribution in [3.05, 3.63) is 47.3 Å². The SMILES string of the molecule is CC(C)(C)c1ccc(-n2ncc3c2CCC[C@H]3NC(=O)C2=NNC(=O)CC2)cc1. The molecule has 4 rings (SSSR count). The van der Waals surface area contributed by atoms with Crippen LogP contribution in [0.25, 0.3) is 5.69 Å². The third-order valence-corrected chi connectivity index (χ3v) is 5.63. The number of amides is 2. The Labute approximate surface area is 170 Å². The van der Waals surface area contributed by atoms with E-state index in [2.05, 4.69) is 66.0 Å². The van der Waals surface area contributed by atoms with Crippen molar-refractivity contribution in [2.45, 2.75) is 64.3 Å². The first-order valence-corrected chi connectivity index (χ1v) is 10.2. The van der Waals surface area contributed by atoms with Gasteiger partial charge in [-0.25, -0.2) is 10.1 Å². The Morgan fingerprint density at radius 1 is 1.17 bits per heavy atom. The van der Waals surface area contributed by atoms with Gasteiger partial charge in [-0.15, -0.1) is 0 Å². The van der Waals surface area contributed by atoms with Gasteiger partial charge < -0.3 is 5.32 Å². The maximum absolute atomic E-state index is 12.6. The van der Waals surface area contributed by atoms with E-state index in [1.807, 2.05) is 10.9 Å². The highest BCUT2D eigenvalue weighted by atomic mass is 16.2. The normalized spacial score (nSPS) is 19.2. The van der Waals surface area contributed by atoms with Crippen LogP contribution in [0.4, 0.5) is 0 Å². The van der Waals surface area contributed by atoms with Gasteiger partial charge in [0.2, 0.25) is 5.91 Å². The molecule has 0 unspecified atom stereocenters. The number of hydrogen-bond donors (Lipinski definition) is 2. The van der Waals surface area contributed by atoms with Gasteiger partial charge in [0.1, 0.15) is 5.71 Å². The van der Waals surface area contributed by atoms with Crippen molar-refractivity contribution in [1.29, 1.82) is 0 Å². The van der Waals surface area contributed by atoms with E-state index >= 15 is 0 Å². The van der Waals surface area contributed by atoms with Crippen LogP contribution < -0.4 is 10.7 Å². The summed E-state index contributed by atoms with van der Waals surface area (Å²) in [6.45, 7) is 6.60. The molecule has 29 heavy (non-hydrogen) atoms. The van der Waals surface area contributed by atoms with Gasteiger partial charge in [0, 0.05) is 24.1 Å². The molecule has 152 valence electrons. The number of carbonyl (C=O) groups is 2. The highest BCUT2D eigenvalue weighted by molar-refractivity contribution is 6.39. The third kappa shape index (κ3) is 3.95. The molecule has 0 spiro atoms. The molecular weight excluding hydrogens is 366 g/mol. The summed E-state index contributed by atoms with van der Waals surface area (Å²) in [4.78, 5) is 23.8. The summed E-state index contributed by atoms with van der Waals surface area (Å²) < 4.78 is 1.98. The monoisotopic (exact) mass is 393 g/mol. The Hall–Kier alpha value is -2.96. The zero-order valence-electron chi connectivity index (χ0n) is 17.2. The van der Waals surface area contributed by atoms with Crippen LogP contribution in [0.5, 0.6) is 0 Å². The zero-order chi connectivity index (χ0) is 20.6. The Bertz CT molecular complexity index is 966.